The van der Waals surface area contributed by atoms with E-state index in [4.69, 9.17) is 10.5 Å². The second-order valence-corrected chi connectivity index (χ2v) is 9.10. The zero-order chi connectivity index (χ0) is 15.1. The van der Waals surface area contributed by atoms with Crippen molar-refractivity contribution in [3.05, 3.63) is 0 Å². The molecule has 0 saturated carbocycles. The minimum Gasteiger partial charge on any atom is -0.368 e. The predicted octanol–water partition coefficient (Wildman–Crippen LogP) is 0.638. The van der Waals surface area contributed by atoms with Gasteiger partial charge < -0.3 is 10.5 Å². The molecule has 6 heteroatoms. The smallest absolute Gasteiger partial charge is 0.148 e. The number of nitrogens with zero attached hydrogens (tertiary/aromatic N) is 1. The summed E-state index contributed by atoms with van der Waals surface area (Å²) in [7, 11) is -1.04. The van der Waals surface area contributed by atoms with Crippen molar-refractivity contribution in [1.82, 2.24) is 4.90 Å². The van der Waals surface area contributed by atoms with E-state index in [1.807, 2.05) is 20.9 Å². The second kappa shape index (κ2) is 4.98. The summed E-state index contributed by atoms with van der Waals surface area (Å²) in [5.41, 5.74) is 5.05. The molecule has 2 N–H and O–H groups in total. The monoisotopic (exact) mass is 292 g/mol. The number of rotatable bonds is 5. The lowest BCUT2D eigenvalue weighted by Gasteiger charge is -2.46. The van der Waals surface area contributed by atoms with Crippen molar-refractivity contribution in [2.45, 2.75) is 50.9 Å². The van der Waals surface area contributed by atoms with Crippen LogP contribution >= 0.6 is 0 Å². The SMILES string of the molecule is CN(CCS(C)(=O)=O)C1(CN)CC(C)(C)OC1(C)C. The molecular weight excluding hydrogens is 264 g/mol. The van der Waals surface area contributed by atoms with E-state index in [1.54, 1.807) is 0 Å². The molecule has 1 fully saturated rings. The van der Waals surface area contributed by atoms with Gasteiger partial charge in [0.2, 0.25) is 0 Å². The minimum atomic E-state index is -2.97. The van der Waals surface area contributed by atoms with E-state index < -0.39 is 15.4 Å². The summed E-state index contributed by atoms with van der Waals surface area (Å²) in [5.74, 6) is 0.141. The zero-order valence-electron chi connectivity index (χ0n) is 13.0. The Labute approximate surface area is 117 Å². The number of likely N-dealkylation sites (N-methyl/N-ethyl adjacent to an activating group) is 1. The first-order valence-corrected chi connectivity index (χ1v) is 8.70. The summed E-state index contributed by atoms with van der Waals surface area (Å²) >= 11 is 0. The summed E-state index contributed by atoms with van der Waals surface area (Å²) in [6, 6.07) is 0. The fourth-order valence-electron chi connectivity index (χ4n) is 3.32. The fourth-order valence-corrected chi connectivity index (χ4v) is 3.93. The van der Waals surface area contributed by atoms with Crippen molar-refractivity contribution >= 4 is 9.84 Å². The van der Waals surface area contributed by atoms with Gasteiger partial charge in [-0.2, -0.15) is 0 Å². The molecular formula is C13H28N2O3S. The van der Waals surface area contributed by atoms with Crippen molar-refractivity contribution in [1.29, 1.82) is 0 Å². The van der Waals surface area contributed by atoms with Gasteiger partial charge in [-0.05, 0) is 41.2 Å². The predicted molar refractivity (Wildman–Crippen MR) is 78.0 cm³/mol. The maximum atomic E-state index is 11.3. The van der Waals surface area contributed by atoms with Crippen molar-refractivity contribution in [2.75, 3.05) is 32.1 Å². The van der Waals surface area contributed by atoms with Gasteiger partial charge in [0.25, 0.3) is 0 Å². The first-order chi connectivity index (χ1) is 8.35. The maximum Gasteiger partial charge on any atom is 0.148 e. The van der Waals surface area contributed by atoms with Crippen LogP contribution in [0.1, 0.15) is 34.1 Å². The molecule has 0 amide bonds. The third-order valence-corrected chi connectivity index (χ3v) is 5.16. The van der Waals surface area contributed by atoms with E-state index in [1.165, 1.54) is 6.26 Å². The molecule has 0 aromatic rings. The van der Waals surface area contributed by atoms with Crippen LogP contribution in [0.15, 0.2) is 0 Å². The van der Waals surface area contributed by atoms with E-state index in [2.05, 4.69) is 18.7 Å². The molecule has 0 spiro atoms. The quantitative estimate of drug-likeness (QED) is 0.805. The Bertz CT molecular complexity index is 431. The average molecular weight is 292 g/mol. The molecule has 1 unspecified atom stereocenters. The highest BCUT2D eigenvalue weighted by molar-refractivity contribution is 7.90. The second-order valence-electron chi connectivity index (χ2n) is 6.84. The third kappa shape index (κ3) is 3.48. The van der Waals surface area contributed by atoms with Crippen LogP contribution in [0, 0.1) is 0 Å². The van der Waals surface area contributed by atoms with Gasteiger partial charge in [-0.3, -0.25) is 4.90 Å². The lowest BCUT2D eigenvalue weighted by molar-refractivity contribution is -0.0992. The number of sulfone groups is 1. The molecule has 0 bridgehead atoms. The first-order valence-electron chi connectivity index (χ1n) is 6.64. The molecule has 1 aliphatic heterocycles. The third-order valence-electron chi connectivity index (χ3n) is 4.24. The Balaban J connectivity index is 2.98. The van der Waals surface area contributed by atoms with E-state index in [0.717, 1.165) is 6.42 Å². The largest absolute Gasteiger partial charge is 0.368 e. The molecule has 1 rings (SSSR count). The normalized spacial score (nSPS) is 29.9. The van der Waals surface area contributed by atoms with Crippen LogP contribution < -0.4 is 5.73 Å². The molecule has 1 heterocycles. The number of hydrogen-bond donors (Lipinski definition) is 1. The van der Waals surface area contributed by atoms with Crippen LogP contribution in [-0.4, -0.2) is 62.2 Å². The van der Waals surface area contributed by atoms with E-state index in [9.17, 15) is 8.42 Å². The average Bonchev–Trinajstić information content (AvgIpc) is 2.39. The highest BCUT2D eigenvalue weighted by Gasteiger charge is 2.58. The molecule has 0 aliphatic carbocycles. The van der Waals surface area contributed by atoms with Gasteiger partial charge in [-0.1, -0.05) is 0 Å². The first kappa shape index (κ1) is 16.9. The van der Waals surface area contributed by atoms with Gasteiger partial charge in [-0.25, -0.2) is 8.42 Å². The molecule has 0 aromatic carbocycles. The number of hydrogen-bond acceptors (Lipinski definition) is 5. The Hall–Kier alpha value is -0.170. The van der Waals surface area contributed by atoms with Gasteiger partial charge >= 0.3 is 0 Å². The van der Waals surface area contributed by atoms with Crippen LogP contribution in [-0.2, 0) is 14.6 Å². The Morgan fingerprint density at radius 3 is 2.11 bits per heavy atom. The topological polar surface area (TPSA) is 72.6 Å². The number of nitrogens with two attached hydrogens (primary N) is 1. The molecule has 0 radical (unpaired) electrons. The molecule has 114 valence electrons. The molecule has 1 aliphatic rings. The van der Waals surface area contributed by atoms with Crippen LogP contribution in [0.3, 0.4) is 0 Å². The molecule has 1 atom stereocenters. The standard InChI is InChI=1S/C13H28N2O3S/c1-11(2)9-13(10-14,12(3,4)18-11)15(5)7-8-19(6,16)17/h7-10,14H2,1-6H3. The summed E-state index contributed by atoms with van der Waals surface area (Å²) in [5, 5.41) is 0. The van der Waals surface area contributed by atoms with Crippen molar-refractivity contribution in [3.8, 4) is 0 Å². The van der Waals surface area contributed by atoms with Crippen molar-refractivity contribution < 1.29 is 13.2 Å². The molecule has 0 aromatic heterocycles. The van der Waals surface area contributed by atoms with Crippen LogP contribution in [0.5, 0.6) is 0 Å². The molecule has 19 heavy (non-hydrogen) atoms. The van der Waals surface area contributed by atoms with Gasteiger partial charge in [0.05, 0.1) is 22.5 Å². The van der Waals surface area contributed by atoms with Gasteiger partial charge in [-0.15, -0.1) is 0 Å². The van der Waals surface area contributed by atoms with E-state index >= 15 is 0 Å². The zero-order valence-corrected chi connectivity index (χ0v) is 13.8. The van der Waals surface area contributed by atoms with Gasteiger partial charge in [0.15, 0.2) is 0 Å². The van der Waals surface area contributed by atoms with Crippen LogP contribution in [0.25, 0.3) is 0 Å². The van der Waals surface area contributed by atoms with Gasteiger partial charge in [0, 0.05) is 19.3 Å². The lowest BCUT2D eigenvalue weighted by Crippen LogP contribution is -2.62. The summed E-state index contributed by atoms with van der Waals surface area (Å²) in [4.78, 5) is 2.06. The Morgan fingerprint density at radius 2 is 1.79 bits per heavy atom. The Kier molecular flexibility index (Phi) is 4.43. The molecule has 1 saturated heterocycles. The lowest BCUT2D eigenvalue weighted by atomic mass is 9.77. The highest BCUT2D eigenvalue weighted by atomic mass is 32.2. The fraction of sp³-hybridized carbons (Fsp3) is 1.00. The van der Waals surface area contributed by atoms with Crippen LogP contribution in [0.4, 0.5) is 0 Å². The number of ether oxygens (including phenoxy) is 1. The summed E-state index contributed by atoms with van der Waals surface area (Å²) < 4.78 is 28.8. The van der Waals surface area contributed by atoms with Crippen molar-refractivity contribution in [3.63, 3.8) is 0 Å². The Morgan fingerprint density at radius 1 is 1.26 bits per heavy atom. The van der Waals surface area contributed by atoms with E-state index in [-0.39, 0.29) is 16.9 Å². The van der Waals surface area contributed by atoms with Gasteiger partial charge in [0.1, 0.15) is 9.84 Å². The maximum absolute atomic E-state index is 11.3. The molecule has 5 nitrogen and oxygen atoms in total. The van der Waals surface area contributed by atoms with Crippen LogP contribution in [0.2, 0.25) is 0 Å². The van der Waals surface area contributed by atoms with Crippen molar-refractivity contribution in [2.24, 2.45) is 5.73 Å². The summed E-state index contributed by atoms with van der Waals surface area (Å²) in [6.07, 6.45) is 2.06. The highest BCUT2D eigenvalue weighted by Crippen LogP contribution is 2.47. The minimum absolute atomic E-state index is 0.141. The van der Waals surface area contributed by atoms with E-state index in [0.29, 0.717) is 13.1 Å². The summed E-state index contributed by atoms with van der Waals surface area (Å²) in [6.45, 7) is 9.09.